The van der Waals surface area contributed by atoms with Gasteiger partial charge in [-0.1, -0.05) is 13.0 Å². The third-order valence-corrected chi connectivity index (χ3v) is 4.24. The van der Waals surface area contributed by atoms with Crippen LogP contribution in [0.15, 0.2) is 23.3 Å². The highest BCUT2D eigenvalue weighted by Crippen LogP contribution is 2.17. The van der Waals surface area contributed by atoms with Gasteiger partial charge in [0.1, 0.15) is 5.60 Å². The first-order valence-electron chi connectivity index (χ1n) is 10.4. The number of nitrogens with zero attached hydrogens (tertiary/aromatic N) is 3. The van der Waals surface area contributed by atoms with Crippen LogP contribution in [0, 0.1) is 0 Å². The summed E-state index contributed by atoms with van der Waals surface area (Å²) in [4.78, 5) is 23.3. The minimum atomic E-state index is -0.500. The Kier molecular flexibility index (Phi) is 8.54. The number of aromatic nitrogens is 1. The lowest BCUT2D eigenvalue weighted by Gasteiger charge is -2.23. The lowest BCUT2D eigenvalue weighted by molar-refractivity contribution is 0.0507. The van der Waals surface area contributed by atoms with E-state index in [0.29, 0.717) is 25.6 Å². The Morgan fingerprint density at radius 3 is 2.86 bits per heavy atom. The largest absolute Gasteiger partial charge is 0.477 e. The Labute approximate surface area is 174 Å². The molecular formula is C21H35N5O3. The zero-order chi connectivity index (χ0) is 21.3. The summed E-state index contributed by atoms with van der Waals surface area (Å²) in [6.45, 7) is 13.1. The summed E-state index contributed by atoms with van der Waals surface area (Å²) >= 11 is 0. The number of hydrogen-bond donors (Lipinski definition) is 2. The molecular weight excluding hydrogens is 370 g/mol. The van der Waals surface area contributed by atoms with Crippen molar-refractivity contribution in [3.63, 3.8) is 0 Å². The molecule has 0 aromatic carbocycles. The lowest BCUT2D eigenvalue weighted by Crippen LogP contribution is -2.44. The standard InChI is InChI=1S/C21H35N5O3/c1-6-13-28-18-16(9-8-11-23-18)14-24-19(22-7-2)26-12-10-17(15-26)25-20(27)29-21(3,4)5/h8-9,11,17H,6-7,10,12-15H2,1-5H3,(H,22,24)(H,25,27). The van der Waals surface area contributed by atoms with Gasteiger partial charge in [-0.15, -0.1) is 0 Å². The number of rotatable bonds is 7. The van der Waals surface area contributed by atoms with Crippen LogP contribution in [-0.4, -0.2) is 59.8 Å². The number of hydrogen-bond acceptors (Lipinski definition) is 5. The maximum absolute atomic E-state index is 12.0. The molecule has 0 saturated carbocycles. The Morgan fingerprint density at radius 1 is 1.38 bits per heavy atom. The quantitative estimate of drug-likeness (QED) is 0.536. The summed E-state index contributed by atoms with van der Waals surface area (Å²) in [5.41, 5.74) is 0.457. The van der Waals surface area contributed by atoms with Gasteiger partial charge in [0.2, 0.25) is 5.88 Å². The smallest absolute Gasteiger partial charge is 0.407 e. The Morgan fingerprint density at radius 2 is 2.17 bits per heavy atom. The van der Waals surface area contributed by atoms with Crippen molar-refractivity contribution in [2.45, 2.75) is 65.6 Å². The predicted molar refractivity (Wildman–Crippen MR) is 114 cm³/mol. The van der Waals surface area contributed by atoms with Crippen LogP contribution in [-0.2, 0) is 11.3 Å². The summed E-state index contributed by atoms with van der Waals surface area (Å²) in [5.74, 6) is 1.46. The van der Waals surface area contributed by atoms with Gasteiger partial charge in [0, 0.05) is 31.4 Å². The average Bonchev–Trinajstić information content (AvgIpc) is 3.10. The molecule has 1 atom stereocenters. The number of amides is 1. The second kappa shape index (κ2) is 10.9. The Hall–Kier alpha value is -2.51. The maximum Gasteiger partial charge on any atom is 0.407 e. The fourth-order valence-electron chi connectivity index (χ4n) is 3.00. The highest BCUT2D eigenvalue weighted by atomic mass is 16.6. The van der Waals surface area contributed by atoms with Gasteiger partial charge in [-0.3, -0.25) is 0 Å². The fraction of sp³-hybridized carbons (Fsp3) is 0.667. The number of likely N-dealkylation sites (tertiary alicyclic amines) is 1. The third kappa shape index (κ3) is 7.79. The zero-order valence-corrected chi connectivity index (χ0v) is 18.3. The van der Waals surface area contributed by atoms with E-state index in [1.165, 1.54) is 0 Å². The molecule has 2 rings (SSSR count). The van der Waals surface area contributed by atoms with Gasteiger partial charge in [0.05, 0.1) is 19.2 Å². The summed E-state index contributed by atoms with van der Waals surface area (Å²) in [7, 11) is 0. The van der Waals surface area contributed by atoms with Crippen LogP contribution < -0.4 is 15.4 Å². The molecule has 1 aliphatic rings. The molecule has 8 heteroatoms. The van der Waals surface area contributed by atoms with E-state index in [1.807, 2.05) is 39.8 Å². The SMILES string of the molecule is CCCOc1ncccc1CN=C(NCC)N1CCC(NC(=O)OC(C)(C)C)C1. The molecule has 8 nitrogen and oxygen atoms in total. The van der Waals surface area contributed by atoms with E-state index in [0.717, 1.165) is 37.5 Å². The minimum Gasteiger partial charge on any atom is -0.477 e. The average molecular weight is 406 g/mol. The van der Waals surface area contributed by atoms with E-state index in [-0.39, 0.29) is 12.1 Å². The molecule has 1 fully saturated rings. The molecule has 1 saturated heterocycles. The maximum atomic E-state index is 12.0. The topological polar surface area (TPSA) is 88.1 Å². The molecule has 0 spiro atoms. The van der Waals surface area contributed by atoms with E-state index >= 15 is 0 Å². The predicted octanol–water partition coefficient (Wildman–Crippen LogP) is 2.93. The number of guanidine groups is 1. The third-order valence-electron chi connectivity index (χ3n) is 4.24. The van der Waals surface area contributed by atoms with Crippen LogP contribution in [0.5, 0.6) is 5.88 Å². The molecule has 2 heterocycles. The van der Waals surface area contributed by atoms with Crippen LogP contribution >= 0.6 is 0 Å². The van der Waals surface area contributed by atoms with Gasteiger partial charge in [0.25, 0.3) is 0 Å². The number of carbonyl (C=O) groups is 1. The molecule has 1 aromatic heterocycles. The van der Waals surface area contributed by atoms with E-state index in [9.17, 15) is 4.79 Å². The Bertz CT molecular complexity index is 687. The molecule has 162 valence electrons. The van der Waals surface area contributed by atoms with Crippen molar-refractivity contribution < 1.29 is 14.3 Å². The van der Waals surface area contributed by atoms with Crippen LogP contribution in [0.3, 0.4) is 0 Å². The van der Waals surface area contributed by atoms with Crippen molar-refractivity contribution in [3.8, 4) is 5.88 Å². The van der Waals surface area contributed by atoms with Crippen molar-refractivity contribution >= 4 is 12.1 Å². The van der Waals surface area contributed by atoms with Crippen LogP contribution in [0.1, 0.15) is 53.0 Å². The number of ether oxygens (including phenoxy) is 2. The van der Waals surface area contributed by atoms with Gasteiger partial charge in [-0.25, -0.2) is 14.8 Å². The molecule has 1 unspecified atom stereocenters. The van der Waals surface area contributed by atoms with E-state index in [4.69, 9.17) is 14.5 Å². The zero-order valence-electron chi connectivity index (χ0n) is 18.3. The first-order valence-corrected chi connectivity index (χ1v) is 10.4. The summed E-state index contributed by atoms with van der Waals surface area (Å²) in [6.07, 6.45) is 3.14. The minimum absolute atomic E-state index is 0.0375. The molecule has 0 radical (unpaired) electrons. The summed E-state index contributed by atoms with van der Waals surface area (Å²) < 4.78 is 11.1. The Balaban J connectivity index is 1.98. The number of alkyl carbamates (subject to hydrolysis) is 1. The van der Waals surface area contributed by atoms with Gasteiger partial charge in [-0.05, 0) is 46.6 Å². The first kappa shape index (κ1) is 22.8. The van der Waals surface area contributed by atoms with Crippen molar-refractivity contribution in [1.82, 2.24) is 20.5 Å². The molecule has 2 N–H and O–H groups in total. The number of nitrogens with one attached hydrogen (secondary N) is 2. The molecule has 0 aliphatic carbocycles. The van der Waals surface area contributed by atoms with Crippen LogP contribution in [0.2, 0.25) is 0 Å². The monoisotopic (exact) mass is 405 g/mol. The van der Waals surface area contributed by atoms with Crippen molar-refractivity contribution in [1.29, 1.82) is 0 Å². The van der Waals surface area contributed by atoms with Crippen LogP contribution in [0.25, 0.3) is 0 Å². The van der Waals surface area contributed by atoms with Crippen molar-refractivity contribution in [2.75, 3.05) is 26.2 Å². The molecule has 0 bridgehead atoms. The van der Waals surface area contributed by atoms with E-state index in [2.05, 4.69) is 27.4 Å². The lowest BCUT2D eigenvalue weighted by atomic mass is 10.2. The second-order valence-corrected chi connectivity index (χ2v) is 8.06. The second-order valence-electron chi connectivity index (χ2n) is 8.06. The number of aliphatic imine (C=N–C) groups is 1. The summed E-state index contributed by atoms with van der Waals surface area (Å²) in [6, 6.07) is 3.92. The normalized spacial score (nSPS) is 17.2. The van der Waals surface area contributed by atoms with Gasteiger partial charge in [-0.2, -0.15) is 0 Å². The van der Waals surface area contributed by atoms with Crippen LogP contribution in [0.4, 0.5) is 4.79 Å². The molecule has 1 amide bonds. The van der Waals surface area contributed by atoms with E-state index in [1.54, 1.807) is 6.20 Å². The molecule has 1 aromatic rings. The summed E-state index contributed by atoms with van der Waals surface area (Å²) in [5, 5.41) is 6.29. The van der Waals surface area contributed by atoms with Crippen molar-refractivity contribution in [2.24, 2.45) is 4.99 Å². The number of carbonyl (C=O) groups excluding carboxylic acids is 1. The molecule has 29 heavy (non-hydrogen) atoms. The fourth-order valence-corrected chi connectivity index (χ4v) is 3.00. The number of pyridine rings is 1. The van der Waals surface area contributed by atoms with E-state index < -0.39 is 5.60 Å². The van der Waals surface area contributed by atoms with Gasteiger partial charge in [0.15, 0.2) is 5.96 Å². The highest BCUT2D eigenvalue weighted by Gasteiger charge is 2.27. The van der Waals surface area contributed by atoms with Gasteiger partial charge >= 0.3 is 6.09 Å². The highest BCUT2D eigenvalue weighted by molar-refractivity contribution is 5.80. The molecule has 1 aliphatic heterocycles. The van der Waals surface area contributed by atoms with Gasteiger partial charge < -0.3 is 25.0 Å². The first-order chi connectivity index (χ1) is 13.8. The van der Waals surface area contributed by atoms with Crippen molar-refractivity contribution in [3.05, 3.63) is 23.9 Å².